The third-order valence-electron chi connectivity index (χ3n) is 3.36. The van der Waals surface area contributed by atoms with Crippen LogP contribution >= 0.6 is 11.3 Å². The molecule has 1 aromatic heterocycles. The van der Waals surface area contributed by atoms with Crippen molar-refractivity contribution in [3.63, 3.8) is 0 Å². The Labute approximate surface area is 111 Å². The molecule has 3 rings (SSSR count). The predicted octanol–water partition coefficient (Wildman–Crippen LogP) is 4.04. The zero-order chi connectivity index (χ0) is 12.4. The molecule has 92 valence electrons. The molecule has 1 aromatic carbocycles. The van der Waals surface area contributed by atoms with E-state index in [0.29, 0.717) is 0 Å². The first-order valence-electron chi connectivity index (χ1n) is 6.29. The molecule has 0 fully saturated rings. The van der Waals surface area contributed by atoms with Crippen LogP contribution in [0, 0.1) is 0 Å². The summed E-state index contributed by atoms with van der Waals surface area (Å²) in [7, 11) is 0. The van der Waals surface area contributed by atoms with Crippen LogP contribution in [0.15, 0.2) is 36.4 Å². The normalized spacial score (nSPS) is 15.0. The Morgan fingerprint density at radius 3 is 2.83 bits per heavy atom. The lowest BCUT2D eigenvalue weighted by Crippen LogP contribution is -2.16. The topological polar surface area (TPSA) is 20.3 Å². The zero-order valence-corrected chi connectivity index (χ0v) is 11.0. The van der Waals surface area contributed by atoms with E-state index < -0.39 is 0 Å². The third-order valence-corrected chi connectivity index (χ3v) is 4.39. The molecule has 1 aliphatic rings. The fourth-order valence-electron chi connectivity index (χ4n) is 2.47. The number of hydrogen-bond donors (Lipinski definition) is 0. The largest absolute Gasteiger partial charge is 0.333 e. The van der Waals surface area contributed by atoms with Crippen molar-refractivity contribution in [1.82, 2.24) is 0 Å². The third kappa shape index (κ3) is 2.06. The van der Waals surface area contributed by atoms with Gasteiger partial charge in [-0.2, -0.15) is 0 Å². The molecule has 0 amide bonds. The number of carbonyl (C=O) groups is 1. The summed E-state index contributed by atoms with van der Waals surface area (Å²) in [6.07, 6.45) is 4.51. The number of hydrogen-bond acceptors (Lipinski definition) is 3. The van der Waals surface area contributed by atoms with Gasteiger partial charge in [0.1, 0.15) is 0 Å². The standard InChI is InChI=1S/C15H15NOS/c17-11-13-8-9-15(18-13)16-10-4-3-6-12-5-1-2-7-14(12)16/h1-2,5,7-9,11H,3-4,6,10H2. The smallest absolute Gasteiger partial charge is 0.160 e. The van der Waals surface area contributed by atoms with Crippen molar-refractivity contribution < 1.29 is 4.79 Å². The number of benzene rings is 1. The average molecular weight is 257 g/mol. The van der Waals surface area contributed by atoms with Crippen LogP contribution in [-0.2, 0) is 6.42 Å². The van der Waals surface area contributed by atoms with E-state index in [9.17, 15) is 4.79 Å². The Bertz CT molecular complexity index is 561. The maximum Gasteiger partial charge on any atom is 0.160 e. The minimum Gasteiger partial charge on any atom is -0.333 e. The number of nitrogens with zero attached hydrogens (tertiary/aromatic N) is 1. The Kier molecular flexibility index (Phi) is 3.15. The molecule has 18 heavy (non-hydrogen) atoms. The summed E-state index contributed by atoms with van der Waals surface area (Å²) in [5, 5.41) is 1.17. The van der Waals surface area contributed by atoms with Gasteiger partial charge in [0.05, 0.1) is 9.88 Å². The molecule has 0 spiro atoms. The van der Waals surface area contributed by atoms with Crippen LogP contribution in [0.5, 0.6) is 0 Å². The molecule has 0 aliphatic carbocycles. The van der Waals surface area contributed by atoms with Gasteiger partial charge in [-0.3, -0.25) is 4.79 Å². The van der Waals surface area contributed by atoms with Gasteiger partial charge in [0, 0.05) is 12.2 Å². The van der Waals surface area contributed by atoms with Crippen LogP contribution in [0.4, 0.5) is 10.7 Å². The van der Waals surface area contributed by atoms with Gasteiger partial charge in [0.2, 0.25) is 0 Å². The second-order valence-corrected chi connectivity index (χ2v) is 5.63. The first-order valence-corrected chi connectivity index (χ1v) is 7.10. The first kappa shape index (κ1) is 11.5. The van der Waals surface area contributed by atoms with Crippen LogP contribution in [0.2, 0.25) is 0 Å². The highest BCUT2D eigenvalue weighted by molar-refractivity contribution is 7.17. The number of para-hydroxylation sites is 1. The Balaban J connectivity index is 2.03. The molecule has 2 heterocycles. The maximum absolute atomic E-state index is 10.8. The molecule has 0 N–H and O–H groups in total. The SMILES string of the molecule is O=Cc1ccc(N2CCCCc3ccccc32)s1. The number of fused-ring (bicyclic) bond motifs is 1. The molecule has 0 saturated heterocycles. The molecule has 0 unspecified atom stereocenters. The van der Waals surface area contributed by atoms with Crippen molar-refractivity contribution in [3.05, 3.63) is 46.8 Å². The monoisotopic (exact) mass is 257 g/mol. The van der Waals surface area contributed by atoms with Crippen molar-refractivity contribution in [1.29, 1.82) is 0 Å². The van der Waals surface area contributed by atoms with E-state index in [1.54, 1.807) is 11.3 Å². The van der Waals surface area contributed by atoms with E-state index in [2.05, 4.69) is 35.2 Å². The molecule has 3 heteroatoms. The Morgan fingerprint density at radius 1 is 1.11 bits per heavy atom. The van der Waals surface area contributed by atoms with Gasteiger partial charge in [-0.15, -0.1) is 11.3 Å². The highest BCUT2D eigenvalue weighted by Gasteiger charge is 2.17. The minimum atomic E-state index is 0.798. The summed E-state index contributed by atoms with van der Waals surface area (Å²) in [5.41, 5.74) is 2.71. The Morgan fingerprint density at radius 2 is 2.00 bits per heavy atom. The van der Waals surface area contributed by atoms with Crippen LogP contribution in [0.3, 0.4) is 0 Å². The second kappa shape index (κ2) is 4.94. The van der Waals surface area contributed by atoms with Crippen molar-refractivity contribution >= 4 is 28.3 Å². The number of rotatable bonds is 2. The van der Waals surface area contributed by atoms with Gasteiger partial charge in [-0.1, -0.05) is 18.2 Å². The molecule has 0 bridgehead atoms. The second-order valence-electron chi connectivity index (χ2n) is 4.53. The van der Waals surface area contributed by atoms with Crippen LogP contribution in [0.1, 0.15) is 28.1 Å². The number of aldehydes is 1. The molecule has 0 radical (unpaired) electrons. The highest BCUT2D eigenvalue weighted by Crippen LogP contribution is 2.36. The summed E-state index contributed by atoms with van der Waals surface area (Å²) >= 11 is 1.57. The minimum absolute atomic E-state index is 0.798. The van der Waals surface area contributed by atoms with Crippen molar-refractivity contribution in [2.24, 2.45) is 0 Å². The zero-order valence-electron chi connectivity index (χ0n) is 10.1. The summed E-state index contributed by atoms with van der Waals surface area (Å²) in [4.78, 5) is 14.0. The molecular weight excluding hydrogens is 242 g/mol. The van der Waals surface area contributed by atoms with E-state index in [0.717, 1.165) is 24.1 Å². The summed E-state index contributed by atoms with van der Waals surface area (Å²) in [6.45, 7) is 1.04. The molecule has 0 saturated carbocycles. The van der Waals surface area contributed by atoms with E-state index in [1.807, 2.05) is 6.07 Å². The van der Waals surface area contributed by atoms with Gasteiger partial charge >= 0.3 is 0 Å². The Hall–Kier alpha value is -1.61. The van der Waals surface area contributed by atoms with Gasteiger partial charge in [0.15, 0.2) is 6.29 Å². The van der Waals surface area contributed by atoms with Crippen LogP contribution in [0.25, 0.3) is 0 Å². The van der Waals surface area contributed by atoms with Gasteiger partial charge in [0.25, 0.3) is 0 Å². The lowest BCUT2D eigenvalue weighted by atomic mass is 10.1. The fourth-order valence-corrected chi connectivity index (χ4v) is 3.33. The van der Waals surface area contributed by atoms with Gasteiger partial charge in [-0.05, 0) is 43.0 Å². The number of aryl methyl sites for hydroxylation is 1. The summed E-state index contributed by atoms with van der Waals surface area (Å²) in [5.74, 6) is 0. The molecule has 1 aliphatic heterocycles. The van der Waals surface area contributed by atoms with E-state index >= 15 is 0 Å². The van der Waals surface area contributed by atoms with E-state index in [1.165, 1.54) is 29.1 Å². The number of anilines is 2. The lowest BCUT2D eigenvalue weighted by molar-refractivity contribution is 0.112. The predicted molar refractivity (Wildman–Crippen MR) is 76.1 cm³/mol. The summed E-state index contributed by atoms with van der Waals surface area (Å²) < 4.78 is 0. The van der Waals surface area contributed by atoms with E-state index in [-0.39, 0.29) is 0 Å². The molecular formula is C15H15NOS. The lowest BCUT2D eigenvalue weighted by Gasteiger charge is -2.23. The van der Waals surface area contributed by atoms with Gasteiger partial charge < -0.3 is 4.90 Å². The van der Waals surface area contributed by atoms with Crippen molar-refractivity contribution in [2.45, 2.75) is 19.3 Å². The molecule has 0 atom stereocenters. The number of carbonyl (C=O) groups excluding carboxylic acids is 1. The fraction of sp³-hybridized carbons (Fsp3) is 0.267. The number of thiophene rings is 1. The van der Waals surface area contributed by atoms with Crippen LogP contribution in [-0.4, -0.2) is 12.8 Å². The van der Waals surface area contributed by atoms with E-state index in [4.69, 9.17) is 0 Å². The van der Waals surface area contributed by atoms with Crippen molar-refractivity contribution in [3.8, 4) is 0 Å². The van der Waals surface area contributed by atoms with Gasteiger partial charge in [-0.25, -0.2) is 0 Å². The highest BCUT2D eigenvalue weighted by atomic mass is 32.1. The summed E-state index contributed by atoms with van der Waals surface area (Å²) in [6, 6.07) is 12.5. The van der Waals surface area contributed by atoms with Crippen molar-refractivity contribution in [2.75, 3.05) is 11.4 Å². The quantitative estimate of drug-likeness (QED) is 0.757. The van der Waals surface area contributed by atoms with Crippen LogP contribution < -0.4 is 4.90 Å². The average Bonchev–Trinajstić information content (AvgIpc) is 2.78. The molecule has 2 aromatic rings. The molecule has 2 nitrogen and oxygen atoms in total. The maximum atomic E-state index is 10.8. The first-order chi connectivity index (χ1) is 8.88.